The van der Waals surface area contributed by atoms with Gasteiger partial charge in [-0.15, -0.1) is 0 Å². The Kier molecular flexibility index (Phi) is 7.79. The molecule has 4 nitrogen and oxygen atoms in total. The lowest BCUT2D eigenvalue weighted by Gasteiger charge is -2.18. The molecule has 4 rings (SSSR count). The molecule has 0 atom stereocenters. The fourth-order valence-corrected chi connectivity index (χ4v) is 4.35. The van der Waals surface area contributed by atoms with Gasteiger partial charge in [0.1, 0.15) is 23.8 Å². The van der Waals surface area contributed by atoms with Crippen molar-refractivity contribution in [3.8, 4) is 11.5 Å². The molecule has 0 saturated heterocycles. The summed E-state index contributed by atoms with van der Waals surface area (Å²) >= 11 is 0. The monoisotopic (exact) mass is 443 g/mol. The quantitative estimate of drug-likeness (QED) is 0.341. The minimum atomic E-state index is 0.226. The molecule has 0 aliphatic heterocycles. The van der Waals surface area contributed by atoms with Gasteiger partial charge in [-0.2, -0.15) is 0 Å². The van der Waals surface area contributed by atoms with Gasteiger partial charge in [0, 0.05) is 19.2 Å². The average molecular weight is 444 g/mol. The lowest BCUT2D eigenvalue weighted by molar-refractivity contribution is 0.0506. The summed E-state index contributed by atoms with van der Waals surface area (Å²) in [4.78, 5) is 5.05. The van der Waals surface area contributed by atoms with Crippen molar-refractivity contribution < 1.29 is 14.2 Å². The summed E-state index contributed by atoms with van der Waals surface area (Å²) < 4.78 is 17.0. The van der Waals surface area contributed by atoms with Crippen LogP contribution in [0.4, 0.5) is 0 Å². The van der Waals surface area contributed by atoms with Gasteiger partial charge < -0.3 is 14.2 Å². The number of hydrogen-bond acceptors (Lipinski definition) is 4. The van der Waals surface area contributed by atoms with Crippen molar-refractivity contribution >= 4 is 5.57 Å². The van der Waals surface area contributed by atoms with E-state index >= 15 is 0 Å². The van der Waals surface area contributed by atoms with Crippen LogP contribution in [0.15, 0.2) is 60.7 Å². The van der Waals surface area contributed by atoms with Crippen LogP contribution in [0.25, 0.3) is 5.57 Å². The second-order valence-corrected chi connectivity index (χ2v) is 8.66. The third kappa shape index (κ3) is 6.02. The number of aryl methyl sites for hydroxylation is 2. The number of benzene rings is 2. The second kappa shape index (κ2) is 11.2. The Labute approximate surface area is 197 Å². The maximum absolute atomic E-state index is 6.06. The highest BCUT2D eigenvalue weighted by atomic mass is 16.7. The Morgan fingerprint density at radius 3 is 2.39 bits per heavy atom. The second-order valence-electron chi connectivity index (χ2n) is 8.66. The first-order valence-corrected chi connectivity index (χ1v) is 11.7. The van der Waals surface area contributed by atoms with Crippen molar-refractivity contribution in [1.29, 1.82) is 0 Å². The fraction of sp³-hybridized carbons (Fsp3) is 0.345. The number of rotatable bonds is 9. The lowest BCUT2D eigenvalue weighted by atomic mass is 9.95. The Balaban J connectivity index is 1.54. The van der Waals surface area contributed by atoms with Crippen LogP contribution in [0.5, 0.6) is 11.5 Å². The molecule has 1 heterocycles. The summed E-state index contributed by atoms with van der Waals surface area (Å²) in [5.74, 6) is 1.70. The number of methoxy groups -OCH3 is 1. The van der Waals surface area contributed by atoms with Crippen molar-refractivity contribution in [3.63, 3.8) is 0 Å². The highest BCUT2D eigenvalue weighted by molar-refractivity contribution is 5.68. The van der Waals surface area contributed by atoms with Gasteiger partial charge in [0.25, 0.3) is 0 Å². The van der Waals surface area contributed by atoms with Crippen LogP contribution < -0.4 is 9.47 Å². The molecule has 0 bridgehead atoms. The Bertz CT molecular complexity index is 1080. The SMILES string of the molecule is COCOc1ccc(Cc2c(C)cc(OCc3ccccc3)cc2C)nc1C1=CCCCC1. The molecule has 0 saturated carbocycles. The van der Waals surface area contributed by atoms with Crippen molar-refractivity contribution in [2.75, 3.05) is 13.9 Å². The summed E-state index contributed by atoms with van der Waals surface area (Å²) in [6.45, 7) is 5.10. The maximum Gasteiger partial charge on any atom is 0.188 e. The van der Waals surface area contributed by atoms with Gasteiger partial charge in [-0.1, -0.05) is 36.4 Å². The van der Waals surface area contributed by atoms with Crippen LogP contribution in [0.1, 0.15) is 59.3 Å². The van der Waals surface area contributed by atoms with Crippen LogP contribution in [-0.2, 0) is 17.8 Å². The van der Waals surface area contributed by atoms with Crippen molar-refractivity contribution in [2.45, 2.75) is 52.6 Å². The third-order valence-electron chi connectivity index (χ3n) is 6.12. The number of pyridine rings is 1. The van der Waals surface area contributed by atoms with E-state index in [1.165, 1.54) is 40.7 Å². The largest absolute Gasteiger partial charge is 0.489 e. The Morgan fingerprint density at radius 2 is 1.70 bits per heavy atom. The molecule has 3 aromatic rings. The van der Waals surface area contributed by atoms with Gasteiger partial charge in [0.15, 0.2) is 6.79 Å². The van der Waals surface area contributed by atoms with E-state index in [2.05, 4.69) is 50.3 Å². The topological polar surface area (TPSA) is 40.6 Å². The normalized spacial score (nSPS) is 13.5. The predicted octanol–water partition coefficient (Wildman–Crippen LogP) is 6.81. The molecular formula is C29H33NO3. The first kappa shape index (κ1) is 23.1. The first-order chi connectivity index (χ1) is 16.1. The van der Waals surface area contributed by atoms with Crippen LogP contribution >= 0.6 is 0 Å². The standard InChI is InChI=1S/C29H33NO3/c1-21-16-26(32-19-23-10-6-4-7-11-23)17-22(2)27(21)18-25-14-15-28(33-20-31-3)29(30-25)24-12-8-5-9-13-24/h4,6-7,10-12,14-17H,5,8-9,13,18-20H2,1-3H3. The Hall–Kier alpha value is -3.11. The number of aromatic nitrogens is 1. The van der Waals surface area contributed by atoms with E-state index in [0.29, 0.717) is 6.61 Å². The zero-order valence-corrected chi connectivity index (χ0v) is 19.9. The van der Waals surface area contributed by atoms with Crippen LogP contribution in [0.3, 0.4) is 0 Å². The molecule has 0 amide bonds. The minimum absolute atomic E-state index is 0.226. The number of ether oxygens (including phenoxy) is 3. The molecule has 0 radical (unpaired) electrons. The van der Waals surface area contributed by atoms with E-state index in [0.717, 1.165) is 42.1 Å². The predicted molar refractivity (Wildman–Crippen MR) is 133 cm³/mol. The molecule has 1 aliphatic rings. The number of allylic oxidation sites excluding steroid dienone is 2. The zero-order chi connectivity index (χ0) is 23.0. The van der Waals surface area contributed by atoms with Crippen molar-refractivity contribution in [3.05, 3.63) is 94.3 Å². The molecule has 33 heavy (non-hydrogen) atoms. The van der Waals surface area contributed by atoms with E-state index in [1.807, 2.05) is 24.3 Å². The van der Waals surface area contributed by atoms with E-state index in [-0.39, 0.29) is 6.79 Å². The first-order valence-electron chi connectivity index (χ1n) is 11.7. The molecule has 0 spiro atoms. The molecule has 0 N–H and O–H groups in total. The maximum atomic E-state index is 6.06. The van der Waals surface area contributed by atoms with Gasteiger partial charge in [0.05, 0.1) is 0 Å². The highest BCUT2D eigenvalue weighted by Crippen LogP contribution is 2.33. The van der Waals surface area contributed by atoms with Crippen molar-refractivity contribution in [2.24, 2.45) is 0 Å². The highest BCUT2D eigenvalue weighted by Gasteiger charge is 2.16. The van der Waals surface area contributed by atoms with E-state index < -0.39 is 0 Å². The molecule has 172 valence electrons. The van der Waals surface area contributed by atoms with Crippen LogP contribution in [-0.4, -0.2) is 18.9 Å². The van der Waals surface area contributed by atoms with E-state index in [1.54, 1.807) is 7.11 Å². The average Bonchev–Trinajstić information content (AvgIpc) is 2.85. The van der Waals surface area contributed by atoms with Crippen LogP contribution in [0, 0.1) is 13.8 Å². The van der Waals surface area contributed by atoms with Gasteiger partial charge in [-0.25, -0.2) is 4.98 Å². The molecule has 2 aromatic carbocycles. The third-order valence-corrected chi connectivity index (χ3v) is 6.12. The fourth-order valence-electron chi connectivity index (χ4n) is 4.35. The van der Waals surface area contributed by atoms with Crippen LogP contribution in [0.2, 0.25) is 0 Å². The van der Waals surface area contributed by atoms with Gasteiger partial charge in [-0.3, -0.25) is 0 Å². The summed E-state index contributed by atoms with van der Waals surface area (Å²) in [5, 5.41) is 0. The van der Waals surface area contributed by atoms with Gasteiger partial charge in [-0.05, 0) is 91.6 Å². The molecule has 1 aliphatic carbocycles. The smallest absolute Gasteiger partial charge is 0.188 e. The van der Waals surface area contributed by atoms with E-state index in [9.17, 15) is 0 Å². The van der Waals surface area contributed by atoms with E-state index in [4.69, 9.17) is 19.2 Å². The molecule has 4 heteroatoms. The summed E-state index contributed by atoms with van der Waals surface area (Å²) in [6, 6.07) is 18.6. The molecule has 0 unspecified atom stereocenters. The summed E-state index contributed by atoms with van der Waals surface area (Å²) in [5.41, 5.74) is 8.20. The van der Waals surface area contributed by atoms with Crippen molar-refractivity contribution in [1.82, 2.24) is 4.98 Å². The van der Waals surface area contributed by atoms with Gasteiger partial charge in [0.2, 0.25) is 0 Å². The molecule has 0 fully saturated rings. The molecular weight excluding hydrogens is 410 g/mol. The Morgan fingerprint density at radius 1 is 0.909 bits per heavy atom. The number of nitrogens with zero attached hydrogens (tertiary/aromatic N) is 1. The summed E-state index contributed by atoms with van der Waals surface area (Å²) in [7, 11) is 1.64. The zero-order valence-electron chi connectivity index (χ0n) is 19.9. The minimum Gasteiger partial charge on any atom is -0.489 e. The lowest BCUT2D eigenvalue weighted by Crippen LogP contribution is -2.07. The van der Waals surface area contributed by atoms with Gasteiger partial charge >= 0.3 is 0 Å². The molecule has 1 aromatic heterocycles. The summed E-state index contributed by atoms with van der Waals surface area (Å²) in [6.07, 6.45) is 7.68. The number of hydrogen-bond donors (Lipinski definition) is 0.